The molecule has 0 bridgehead atoms. The summed E-state index contributed by atoms with van der Waals surface area (Å²) in [4.78, 5) is 2.27. The zero-order valence-corrected chi connectivity index (χ0v) is 13.9. The van der Waals surface area contributed by atoms with Crippen molar-refractivity contribution in [3.8, 4) is 0 Å². The molecule has 108 valence electrons. The van der Waals surface area contributed by atoms with Gasteiger partial charge in [-0.25, -0.2) is 0 Å². The zero-order chi connectivity index (χ0) is 14.3. The van der Waals surface area contributed by atoms with Gasteiger partial charge < -0.3 is 10.2 Å². The van der Waals surface area contributed by atoms with Gasteiger partial charge in [-0.05, 0) is 49.6 Å². The molecule has 4 heteroatoms. The molecule has 0 amide bonds. The van der Waals surface area contributed by atoms with E-state index in [1.54, 1.807) is 0 Å². The van der Waals surface area contributed by atoms with Crippen LogP contribution in [0.4, 0.5) is 5.69 Å². The zero-order valence-electron chi connectivity index (χ0n) is 12.4. The minimum Gasteiger partial charge on any atom is -0.371 e. The summed E-state index contributed by atoms with van der Waals surface area (Å²) >= 11 is 8.30. The first-order chi connectivity index (χ1) is 9.10. The van der Waals surface area contributed by atoms with Crippen LogP contribution in [-0.4, -0.2) is 31.6 Å². The van der Waals surface area contributed by atoms with Crippen molar-refractivity contribution in [1.29, 1.82) is 0 Å². The van der Waals surface area contributed by atoms with Crippen molar-refractivity contribution < 1.29 is 0 Å². The van der Waals surface area contributed by atoms with E-state index in [4.69, 9.17) is 11.6 Å². The van der Waals surface area contributed by atoms with Crippen LogP contribution in [0.3, 0.4) is 0 Å². The van der Waals surface area contributed by atoms with Gasteiger partial charge in [0.25, 0.3) is 0 Å². The highest BCUT2D eigenvalue weighted by molar-refractivity contribution is 7.98. The Kier molecular flexibility index (Phi) is 7.66. The Morgan fingerprint density at radius 3 is 2.74 bits per heavy atom. The lowest BCUT2D eigenvalue weighted by Gasteiger charge is -2.28. The van der Waals surface area contributed by atoms with E-state index >= 15 is 0 Å². The molecule has 0 fully saturated rings. The Balaban J connectivity index is 2.72. The van der Waals surface area contributed by atoms with Crippen LogP contribution in [0.25, 0.3) is 0 Å². The molecular weight excluding hydrogens is 276 g/mol. The SMILES string of the molecule is CCNCc1ccc(N(C)C(C)CCSC)c(Cl)c1. The van der Waals surface area contributed by atoms with Crippen LogP contribution in [0.1, 0.15) is 25.8 Å². The molecule has 0 saturated carbocycles. The maximum atomic E-state index is 6.41. The highest BCUT2D eigenvalue weighted by Crippen LogP contribution is 2.28. The van der Waals surface area contributed by atoms with E-state index < -0.39 is 0 Å². The molecule has 1 N–H and O–H groups in total. The highest BCUT2D eigenvalue weighted by atomic mass is 35.5. The maximum Gasteiger partial charge on any atom is 0.0642 e. The Morgan fingerprint density at radius 1 is 1.42 bits per heavy atom. The Labute approximate surface area is 126 Å². The summed E-state index contributed by atoms with van der Waals surface area (Å²) in [5.41, 5.74) is 2.36. The topological polar surface area (TPSA) is 15.3 Å². The third-order valence-corrected chi connectivity index (χ3v) is 4.32. The number of hydrogen-bond acceptors (Lipinski definition) is 3. The first kappa shape index (κ1) is 16.7. The molecule has 19 heavy (non-hydrogen) atoms. The maximum absolute atomic E-state index is 6.41. The van der Waals surface area contributed by atoms with Crippen molar-refractivity contribution in [2.45, 2.75) is 32.9 Å². The fourth-order valence-electron chi connectivity index (χ4n) is 1.94. The van der Waals surface area contributed by atoms with Crippen molar-refractivity contribution >= 4 is 29.1 Å². The molecule has 0 spiro atoms. The van der Waals surface area contributed by atoms with Crippen LogP contribution in [0.5, 0.6) is 0 Å². The van der Waals surface area contributed by atoms with E-state index in [-0.39, 0.29) is 0 Å². The van der Waals surface area contributed by atoms with Gasteiger partial charge in [0.2, 0.25) is 0 Å². The van der Waals surface area contributed by atoms with Crippen LogP contribution >= 0.6 is 23.4 Å². The largest absolute Gasteiger partial charge is 0.371 e. The second kappa shape index (κ2) is 8.72. The van der Waals surface area contributed by atoms with Gasteiger partial charge in [-0.3, -0.25) is 0 Å². The van der Waals surface area contributed by atoms with Crippen LogP contribution in [-0.2, 0) is 6.54 Å². The summed E-state index contributed by atoms with van der Waals surface area (Å²) in [6.07, 6.45) is 3.32. The quantitative estimate of drug-likeness (QED) is 0.780. The lowest BCUT2D eigenvalue weighted by molar-refractivity contribution is 0.669. The monoisotopic (exact) mass is 300 g/mol. The molecule has 1 rings (SSSR count). The third kappa shape index (κ3) is 5.25. The molecule has 0 aliphatic carbocycles. The van der Waals surface area contributed by atoms with Gasteiger partial charge in [-0.15, -0.1) is 0 Å². The molecule has 1 aromatic carbocycles. The second-order valence-electron chi connectivity index (χ2n) is 4.81. The number of anilines is 1. The van der Waals surface area contributed by atoms with Crippen molar-refractivity contribution in [2.24, 2.45) is 0 Å². The predicted molar refractivity (Wildman–Crippen MR) is 89.7 cm³/mol. The fraction of sp³-hybridized carbons (Fsp3) is 0.600. The van der Waals surface area contributed by atoms with Gasteiger partial charge in [0.15, 0.2) is 0 Å². The number of halogens is 1. The molecule has 0 aromatic heterocycles. The van der Waals surface area contributed by atoms with E-state index in [1.165, 1.54) is 17.7 Å². The third-order valence-electron chi connectivity index (χ3n) is 3.37. The molecule has 0 aliphatic rings. The van der Waals surface area contributed by atoms with Gasteiger partial charge >= 0.3 is 0 Å². The molecule has 1 aromatic rings. The standard InChI is InChI=1S/C15H25ClN2S/c1-5-17-11-13-6-7-15(14(16)10-13)18(3)12(2)8-9-19-4/h6-7,10,12,17H,5,8-9,11H2,1-4H3. The molecule has 2 nitrogen and oxygen atoms in total. The summed E-state index contributed by atoms with van der Waals surface area (Å²) < 4.78 is 0. The first-order valence-corrected chi connectivity index (χ1v) is 8.58. The lowest BCUT2D eigenvalue weighted by atomic mass is 10.1. The average molecular weight is 301 g/mol. The van der Waals surface area contributed by atoms with E-state index in [1.807, 2.05) is 11.8 Å². The molecule has 0 saturated heterocycles. The van der Waals surface area contributed by atoms with E-state index in [2.05, 4.69) is 55.6 Å². The minimum atomic E-state index is 0.504. The molecular formula is C15H25ClN2S. The second-order valence-corrected chi connectivity index (χ2v) is 6.20. The number of benzene rings is 1. The van der Waals surface area contributed by atoms with Gasteiger partial charge in [0.1, 0.15) is 0 Å². The van der Waals surface area contributed by atoms with E-state index in [0.29, 0.717) is 6.04 Å². The number of hydrogen-bond donors (Lipinski definition) is 1. The number of rotatable bonds is 8. The molecule has 0 heterocycles. The van der Waals surface area contributed by atoms with Gasteiger partial charge in [-0.2, -0.15) is 11.8 Å². The lowest BCUT2D eigenvalue weighted by Crippen LogP contribution is -2.29. The highest BCUT2D eigenvalue weighted by Gasteiger charge is 2.13. The van der Waals surface area contributed by atoms with Crippen molar-refractivity contribution in [1.82, 2.24) is 5.32 Å². The van der Waals surface area contributed by atoms with Gasteiger partial charge in [-0.1, -0.05) is 24.6 Å². The number of nitrogens with one attached hydrogen (secondary N) is 1. The fourth-order valence-corrected chi connectivity index (χ4v) is 2.85. The summed E-state index contributed by atoms with van der Waals surface area (Å²) in [5.74, 6) is 1.18. The van der Waals surface area contributed by atoms with Crippen molar-refractivity contribution in [2.75, 3.05) is 30.5 Å². The summed E-state index contributed by atoms with van der Waals surface area (Å²) in [5, 5.41) is 4.16. The Hall–Kier alpha value is -0.380. The number of thioether (sulfide) groups is 1. The normalized spacial score (nSPS) is 12.5. The van der Waals surface area contributed by atoms with Crippen LogP contribution < -0.4 is 10.2 Å². The summed E-state index contributed by atoms with van der Waals surface area (Å²) in [7, 11) is 2.12. The Morgan fingerprint density at radius 2 is 2.16 bits per heavy atom. The molecule has 1 atom stereocenters. The molecule has 1 unspecified atom stereocenters. The van der Waals surface area contributed by atoms with Gasteiger partial charge in [0.05, 0.1) is 10.7 Å². The van der Waals surface area contributed by atoms with E-state index in [0.717, 1.165) is 23.8 Å². The molecule has 0 radical (unpaired) electrons. The van der Waals surface area contributed by atoms with Crippen molar-refractivity contribution in [3.63, 3.8) is 0 Å². The van der Waals surface area contributed by atoms with Crippen LogP contribution in [0, 0.1) is 0 Å². The minimum absolute atomic E-state index is 0.504. The van der Waals surface area contributed by atoms with E-state index in [9.17, 15) is 0 Å². The van der Waals surface area contributed by atoms with Gasteiger partial charge in [0, 0.05) is 19.6 Å². The number of nitrogens with zero attached hydrogens (tertiary/aromatic N) is 1. The molecule has 0 aliphatic heterocycles. The smallest absolute Gasteiger partial charge is 0.0642 e. The first-order valence-electron chi connectivity index (χ1n) is 6.81. The predicted octanol–water partition coefficient (Wildman–Crippen LogP) is 4.03. The van der Waals surface area contributed by atoms with Crippen LogP contribution in [0.2, 0.25) is 5.02 Å². The van der Waals surface area contributed by atoms with Crippen LogP contribution in [0.15, 0.2) is 18.2 Å². The Bertz CT molecular complexity index is 384. The average Bonchev–Trinajstić information content (AvgIpc) is 2.41. The summed E-state index contributed by atoms with van der Waals surface area (Å²) in [6, 6.07) is 6.86. The van der Waals surface area contributed by atoms with Crippen molar-refractivity contribution in [3.05, 3.63) is 28.8 Å². The summed E-state index contributed by atoms with van der Waals surface area (Å²) in [6.45, 7) is 6.21.